The third kappa shape index (κ3) is 3.06. The molecule has 0 aromatic rings. The van der Waals surface area contributed by atoms with Crippen molar-refractivity contribution in [2.75, 3.05) is 0 Å². The summed E-state index contributed by atoms with van der Waals surface area (Å²) in [6.45, 7) is 0. The normalized spacial score (nSPS) is 43.4. The minimum atomic E-state index is 0.00328. The Kier molecular flexibility index (Phi) is 4.17. The van der Waals surface area contributed by atoms with Crippen LogP contribution in [0.1, 0.15) is 44.9 Å². The van der Waals surface area contributed by atoms with Gasteiger partial charge >= 0.3 is 0 Å². The molecule has 4 nitrogen and oxygen atoms in total. The van der Waals surface area contributed by atoms with Gasteiger partial charge in [-0.1, -0.05) is 0 Å². The van der Waals surface area contributed by atoms with E-state index in [0.29, 0.717) is 11.8 Å². The van der Waals surface area contributed by atoms with Crippen LogP contribution < -0.4 is 17.2 Å². The highest BCUT2D eigenvalue weighted by molar-refractivity contribution is 5.83. The molecule has 0 saturated heterocycles. The maximum Gasteiger partial charge on any atom is 0.139 e. The van der Waals surface area contributed by atoms with E-state index in [9.17, 15) is 4.79 Å². The van der Waals surface area contributed by atoms with Gasteiger partial charge in [0, 0.05) is 30.0 Å². The average Bonchev–Trinajstić information content (AvgIpc) is 2.33. The molecule has 0 heterocycles. The van der Waals surface area contributed by atoms with Crippen LogP contribution in [0.4, 0.5) is 0 Å². The molecule has 3 unspecified atom stereocenters. The first kappa shape index (κ1) is 13.0. The summed E-state index contributed by atoms with van der Waals surface area (Å²) in [5.74, 6) is 0.824. The smallest absolute Gasteiger partial charge is 0.139 e. The van der Waals surface area contributed by atoms with E-state index in [-0.39, 0.29) is 23.9 Å². The summed E-state index contributed by atoms with van der Waals surface area (Å²) in [7, 11) is 0. The Morgan fingerprint density at radius 1 is 0.765 bits per heavy atom. The van der Waals surface area contributed by atoms with Crippen LogP contribution in [0.5, 0.6) is 0 Å². The number of rotatable bonds is 2. The number of hydrogen-bond donors (Lipinski definition) is 3. The molecule has 0 radical (unpaired) electrons. The van der Waals surface area contributed by atoms with Crippen molar-refractivity contribution in [3.63, 3.8) is 0 Å². The largest absolute Gasteiger partial charge is 0.328 e. The molecule has 3 atom stereocenters. The summed E-state index contributed by atoms with van der Waals surface area (Å²) < 4.78 is 0. The van der Waals surface area contributed by atoms with Gasteiger partial charge in [0.1, 0.15) is 5.78 Å². The quantitative estimate of drug-likeness (QED) is 0.655. The highest BCUT2D eigenvalue weighted by atomic mass is 16.1. The number of carbonyl (C=O) groups excluding carboxylic acids is 1. The molecular formula is C13H25N3O. The highest BCUT2D eigenvalue weighted by Gasteiger charge is 2.34. The van der Waals surface area contributed by atoms with Crippen LogP contribution in [0.25, 0.3) is 0 Å². The summed E-state index contributed by atoms with van der Waals surface area (Å²) in [4.78, 5) is 12.4. The van der Waals surface area contributed by atoms with E-state index < -0.39 is 0 Å². The van der Waals surface area contributed by atoms with Crippen LogP contribution in [-0.2, 0) is 4.79 Å². The lowest BCUT2D eigenvalue weighted by atomic mass is 9.74. The topological polar surface area (TPSA) is 95.1 Å². The highest BCUT2D eigenvalue weighted by Crippen LogP contribution is 2.31. The zero-order chi connectivity index (χ0) is 12.4. The molecule has 0 amide bonds. The second-order valence-corrected chi connectivity index (χ2v) is 5.85. The number of carbonyl (C=O) groups is 1. The standard InChI is InChI=1S/C13H25N3O/c14-10-4-1-8(2-5-10)13(17)9-3-6-11(15)12(16)7-9/h8-12H,1-7,14-16H2. The summed E-state index contributed by atoms with van der Waals surface area (Å²) >= 11 is 0. The molecule has 2 saturated carbocycles. The van der Waals surface area contributed by atoms with Gasteiger partial charge in [-0.15, -0.1) is 0 Å². The summed E-state index contributed by atoms with van der Waals surface area (Å²) in [5.41, 5.74) is 17.7. The van der Waals surface area contributed by atoms with Crippen LogP contribution in [0.15, 0.2) is 0 Å². The van der Waals surface area contributed by atoms with Crippen molar-refractivity contribution < 1.29 is 4.79 Å². The summed E-state index contributed by atoms with van der Waals surface area (Å²) in [6, 6.07) is 0.392. The van der Waals surface area contributed by atoms with Crippen molar-refractivity contribution in [3.05, 3.63) is 0 Å². The molecule has 98 valence electrons. The van der Waals surface area contributed by atoms with E-state index in [1.165, 1.54) is 0 Å². The van der Waals surface area contributed by atoms with E-state index in [2.05, 4.69) is 0 Å². The van der Waals surface area contributed by atoms with E-state index in [1.54, 1.807) is 0 Å². The average molecular weight is 239 g/mol. The van der Waals surface area contributed by atoms with Crippen LogP contribution in [-0.4, -0.2) is 23.9 Å². The maximum atomic E-state index is 12.4. The van der Waals surface area contributed by atoms with E-state index in [1.807, 2.05) is 0 Å². The number of nitrogens with two attached hydrogens (primary N) is 3. The van der Waals surface area contributed by atoms with Gasteiger partial charge < -0.3 is 17.2 Å². The Morgan fingerprint density at radius 3 is 1.94 bits per heavy atom. The number of hydrogen-bond acceptors (Lipinski definition) is 4. The lowest BCUT2D eigenvalue weighted by Gasteiger charge is -2.34. The van der Waals surface area contributed by atoms with Crippen molar-refractivity contribution in [3.8, 4) is 0 Å². The van der Waals surface area contributed by atoms with Crippen LogP contribution in [0.2, 0.25) is 0 Å². The fraction of sp³-hybridized carbons (Fsp3) is 0.923. The number of Topliss-reactive ketones (excluding diaryl/α,β-unsaturated/α-hetero) is 1. The molecular weight excluding hydrogens is 214 g/mol. The zero-order valence-corrected chi connectivity index (χ0v) is 10.5. The Hall–Kier alpha value is -0.450. The molecule has 2 aliphatic rings. The predicted molar refractivity (Wildman–Crippen MR) is 68.2 cm³/mol. The molecule has 0 aromatic heterocycles. The van der Waals surface area contributed by atoms with Gasteiger partial charge in [0.05, 0.1) is 0 Å². The summed E-state index contributed by atoms with van der Waals surface area (Å²) in [5, 5.41) is 0. The van der Waals surface area contributed by atoms with Crippen molar-refractivity contribution >= 4 is 5.78 Å². The molecule has 4 heteroatoms. The van der Waals surface area contributed by atoms with Gasteiger partial charge in [0.15, 0.2) is 0 Å². The monoisotopic (exact) mass is 239 g/mol. The van der Waals surface area contributed by atoms with Gasteiger partial charge in [-0.2, -0.15) is 0 Å². The second kappa shape index (κ2) is 5.46. The van der Waals surface area contributed by atoms with Gasteiger partial charge in [-0.3, -0.25) is 4.79 Å². The molecule has 17 heavy (non-hydrogen) atoms. The molecule has 2 fully saturated rings. The molecule has 0 aliphatic heterocycles. The molecule has 0 bridgehead atoms. The molecule has 6 N–H and O–H groups in total. The first-order valence-electron chi connectivity index (χ1n) is 6.88. The van der Waals surface area contributed by atoms with Crippen molar-refractivity contribution in [2.24, 2.45) is 29.0 Å². The first-order valence-corrected chi connectivity index (χ1v) is 6.88. The van der Waals surface area contributed by atoms with Gasteiger partial charge in [-0.25, -0.2) is 0 Å². The first-order chi connectivity index (χ1) is 8.08. The van der Waals surface area contributed by atoms with Crippen LogP contribution in [0, 0.1) is 11.8 Å². The fourth-order valence-electron chi connectivity index (χ4n) is 3.22. The molecule has 0 spiro atoms. The van der Waals surface area contributed by atoms with Gasteiger partial charge in [0.25, 0.3) is 0 Å². The molecule has 0 aromatic carbocycles. The Bertz CT molecular complexity index is 274. The zero-order valence-electron chi connectivity index (χ0n) is 10.5. The van der Waals surface area contributed by atoms with E-state index >= 15 is 0 Å². The fourth-order valence-corrected chi connectivity index (χ4v) is 3.22. The minimum Gasteiger partial charge on any atom is -0.328 e. The van der Waals surface area contributed by atoms with E-state index in [4.69, 9.17) is 17.2 Å². The van der Waals surface area contributed by atoms with Crippen molar-refractivity contribution in [2.45, 2.75) is 63.1 Å². The third-order valence-electron chi connectivity index (χ3n) is 4.53. The lowest BCUT2D eigenvalue weighted by molar-refractivity contribution is -0.129. The minimum absolute atomic E-state index is 0.00328. The summed E-state index contributed by atoms with van der Waals surface area (Å²) in [6.07, 6.45) is 6.53. The molecule has 2 aliphatic carbocycles. The van der Waals surface area contributed by atoms with Crippen molar-refractivity contribution in [1.82, 2.24) is 0 Å². The third-order valence-corrected chi connectivity index (χ3v) is 4.53. The molecule has 2 rings (SSSR count). The Labute approximate surface area is 103 Å². The van der Waals surface area contributed by atoms with Crippen molar-refractivity contribution in [1.29, 1.82) is 0 Å². The SMILES string of the molecule is NC1CCC(C(=O)C2CCC(N)C(N)C2)CC1. The van der Waals surface area contributed by atoms with E-state index in [0.717, 1.165) is 44.9 Å². The van der Waals surface area contributed by atoms with Gasteiger partial charge in [-0.05, 0) is 44.9 Å². The van der Waals surface area contributed by atoms with Crippen LogP contribution in [0.3, 0.4) is 0 Å². The Morgan fingerprint density at radius 2 is 1.35 bits per heavy atom. The predicted octanol–water partition coefficient (Wildman–Crippen LogP) is 0.528. The lowest BCUT2D eigenvalue weighted by Crippen LogP contribution is -2.48. The van der Waals surface area contributed by atoms with Crippen LogP contribution >= 0.6 is 0 Å². The van der Waals surface area contributed by atoms with Gasteiger partial charge in [0.2, 0.25) is 0 Å². The second-order valence-electron chi connectivity index (χ2n) is 5.85. The number of ketones is 1. The maximum absolute atomic E-state index is 12.4. The Balaban J connectivity index is 1.87.